The molecule has 0 rings (SSSR count). The first-order valence-corrected chi connectivity index (χ1v) is 4.89. The molecule has 0 bridgehead atoms. The lowest BCUT2D eigenvalue weighted by molar-refractivity contribution is -0.149. The van der Waals surface area contributed by atoms with E-state index >= 15 is 0 Å². The minimum Gasteiger partial charge on any atom is -0.480 e. The molecular formula is C10H17NO4. The molecule has 0 fully saturated rings. The maximum atomic E-state index is 11.5. The lowest BCUT2D eigenvalue weighted by atomic mass is 9.87. The average Bonchev–Trinajstić information content (AvgIpc) is 2.12. The predicted molar refractivity (Wildman–Crippen MR) is 54.4 cm³/mol. The minimum absolute atomic E-state index is 0.0744. The number of carboxylic acid groups (broad SMARTS) is 1. The topological polar surface area (TPSA) is 97.5 Å². The predicted octanol–water partition coefficient (Wildman–Crippen LogP) is 0.507. The van der Waals surface area contributed by atoms with E-state index in [0.717, 1.165) is 6.42 Å². The Morgan fingerprint density at radius 1 is 1.33 bits per heavy atom. The molecule has 86 valence electrons. The van der Waals surface area contributed by atoms with Crippen LogP contribution in [-0.4, -0.2) is 28.2 Å². The molecule has 1 unspecified atom stereocenters. The van der Waals surface area contributed by atoms with Crippen LogP contribution in [0.3, 0.4) is 0 Å². The van der Waals surface area contributed by atoms with E-state index in [0.29, 0.717) is 6.42 Å². The molecule has 0 aromatic heterocycles. The van der Waals surface area contributed by atoms with Crippen molar-refractivity contribution in [1.29, 1.82) is 0 Å². The third-order valence-electron chi connectivity index (χ3n) is 2.21. The van der Waals surface area contributed by atoms with Crippen molar-refractivity contribution in [3.63, 3.8) is 0 Å². The molecule has 0 aromatic carbocycles. The number of carbonyl (C=O) groups excluding carboxylic acids is 2. The summed E-state index contributed by atoms with van der Waals surface area (Å²) in [5.41, 5.74) is 3.62. The number of nitrogens with two attached hydrogens (primary N) is 1. The van der Waals surface area contributed by atoms with Gasteiger partial charge in [0.25, 0.3) is 0 Å². The maximum absolute atomic E-state index is 11.5. The molecule has 0 radical (unpaired) electrons. The molecule has 0 aliphatic rings. The Labute approximate surface area is 88.6 Å². The van der Waals surface area contributed by atoms with Crippen molar-refractivity contribution in [2.75, 3.05) is 0 Å². The van der Waals surface area contributed by atoms with Gasteiger partial charge in [0.05, 0.1) is 6.42 Å². The fraction of sp³-hybridized carbons (Fsp3) is 0.700. The third kappa shape index (κ3) is 3.79. The van der Waals surface area contributed by atoms with Crippen LogP contribution in [0.1, 0.15) is 39.5 Å². The van der Waals surface area contributed by atoms with Crippen molar-refractivity contribution in [2.24, 2.45) is 5.73 Å². The zero-order valence-electron chi connectivity index (χ0n) is 9.08. The normalized spacial score (nSPS) is 14.3. The Kier molecular flexibility index (Phi) is 5.14. The van der Waals surface area contributed by atoms with E-state index in [4.69, 9.17) is 10.8 Å². The highest BCUT2D eigenvalue weighted by molar-refractivity contribution is 6.13. The molecule has 1 atom stereocenters. The number of ketones is 2. The van der Waals surface area contributed by atoms with Gasteiger partial charge >= 0.3 is 5.97 Å². The van der Waals surface area contributed by atoms with Crippen molar-refractivity contribution >= 4 is 17.5 Å². The molecule has 15 heavy (non-hydrogen) atoms. The van der Waals surface area contributed by atoms with Gasteiger partial charge in [-0.05, 0) is 13.3 Å². The Bertz CT molecular complexity index is 275. The molecule has 0 heterocycles. The highest BCUT2D eigenvalue weighted by Crippen LogP contribution is 2.15. The van der Waals surface area contributed by atoms with Crippen LogP contribution in [-0.2, 0) is 14.4 Å². The number of carboxylic acids is 1. The number of hydrogen-bond acceptors (Lipinski definition) is 4. The second kappa shape index (κ2) is 5.60. The Morgan fingerprint density at radius 3 is 2.20 bits per heavy atom. The quantitative estimate of drug-likeness (QED) is 0.603. The van der Waals surface area contributed by atoms with Crippen LogP contribution in [0.2, 0.25) is 0 Å². The fourth-order valence-corrected chi connectivity index (χ4v) is 1.21. The SMILES string of the molecule is CCCCC(N)(C(=O)O)C(=O)CC(C)=O. The minimum atomic E-state index is -1.90. The summed E-state index contributed by atoms with van der Waals surface area (Å²) in [6, 6.07) is 0. The first-order chi connectivity index (χ1) is 6.84. The zero-order chi connectivity index (χ0) is 12.1. The highest BCUT2D eigenvalue weighted by atomic mass is 16.4. The van der Waals surface area contributed by atoms with Crippen molar-refractivity contribution in [3.05, 3.63) is 0 Å². The Morgan fingerprint density at radius 2 is 1.87 bits per heavy atom. The highest BCUT2D eigenvalue weighted by Gasteiger charge is 2.41. The zero-order valence-corrected chi connectivity index (χ0v) is 9.08. The number of unbranched alkanes of at least 4 members (excludes halogenated alkanes) is 1. The molecule has 0 amide bonds. The van der Waals surface area contributed by atoms with Crippen LogP contribution in [0, 0.1) is 0 Å². The second-order valence-electron chi connectivity index (χ2n) is 3.68. The Hall–Kier alpha value is -1.23. The van der Waals surface area contributed by atoms with Crippen molar-refractivity contribution in [3.8, 4) is 0 Å². The number of carbonyl (C=O) groups is 3. The number of hydrogen-bond donors (Lipinski definition) is 2. The monoisotopic (exact) mass is 215 g/mol. The van der Waals surface area contributed by atoms with Crippen molar-refractivity contribution in [2.45, 2.75) is 45.1 Å². The van der Waals surface area contributed by atoms with Crippen LogP contribution in [0.15, 0.2) is 0 Å². The van der Waals surface area contributed by atoms with Crippen LogP contribution < -0.4 is 5.73 Å². The van der Waals surface area contributed by atoms with E-state index in [1.807, 2.05) is 6.92 Å². The fourth-order valence-electron chi connectivity index (χ4n) is 1.21. The van der Waals surface area contributed by atoms with Gasteiger partial charge in [0.15, 0.2) is 11.3 Å². The standard InChI is InChI=1S/C10H17NO4/c1-3-4-5-10(11,9(14)15)8(13)6-7(2)12/h3-6,11H2,1-2H3,(H,14,15). The molecule has 3 N–H and O–H groups in total. The Balaban J connectivity index is 4.69. The first-order valence-electron chi connectivity index (χ1n) is 4.89. The van der Waals surface area contributed by atoms with Gasteiger partial charge in [-0.15, -0.1) is 0 Å². The molecule has 0 spiro atoms. The van der Waals surface area contributed by atoms with E-state index in [1.165, 1.54) is 6.92 Å². The maximum Gasteiger partial charge on any atom is 0.331 e. The summed E-state index contributed by atoms with van der Waals surface area (Å²) in [7, 11) is 0. The molecular weight excluding hydrogens is 198 g/mol. The molecule has 0 aliphatic heterocycles. The number of Topliss-reactive ketones (excluding diaryl/α,β-unsaturated/α-hetero) is 2. The van der Waals surface area contributed by atoms with E-state index in [1.54, 1.807) is 0 Å². The summed E-state index contributed by atoms with van der Waals surface area (Å²) in [6.07, 6.45) is 0.962. The molecule has 0 aromatic rings. The largest absolute Gasteiger partial charge is 0.480 e. The summed E-state index contributed by atoms with van der Waals surface area (Å²) in [4.78, 5) is 33.1. The van der Waals surface area contributed by atoms with E-state index in [2.05, 4.69) is 0 Å². The van der Waals surface area contributed by atoms with Gasteiger partial charge in [0, 0.05) is 0 Å². The molecule has 0 aliphatic carbocycles. The van der Waals surface area contributed by atoms with E-state index < -0.39 is 23.7 Å². The van der Waals surface area contributed by atoms with E-state index in [-0.39, 0.29) is 12.2 Å². The van der Waals surface area contributed by atoms with Crippen LogP contribution in [0.4, 0.5) is 0 Å². The number of rotatable bonds is 7. The molecule has 5 nitrogen and oxygen atoms in total. The van der Waals surface area contributed by atoms with Crippen LogP contribution in [0.5, 0.6) is 0 Å². The molecule has 0 saturated carbocycles. The van der Waals surface area contributed by atoms with Crippen molar-refractivity contribution < 1.29 is 19.5 Å². The van der Waals surface area contributed by atoms with Crippen molar-refractivity contribution in [1.82, 2.24) is 0 Å². The summed E-state index contributed by atoms with van der Waals surface area (Å²) in [5.74, 6) is -2.44. The smallest absolute Gasteiger partial charge is 0.331 e. The van der Waals surface area contributed by atoms with E-state index in [9.17, 15) is 14.4 Å². The van der Waals surface area contributed by atoms with Gasteiger partial charge in [0.1, 0.15) is 5.78 Å². The van der Waals surface area contributed by atoms with Crippen LogP contribution >= 0.6 is 0 Å². The van der Waals surface area contributed by atoms with Gasteiger partial charge in [-0.2, -0.15) is 0 Å². The lowest BCUT2D eigenvalue weighted by Crippen LogP contribution is -2.55. The summed E-state index contributed by atoms with van der Waals surface area (Å²) in [5, 5.41) is 8.89. The van der Waals surface area contributed by atoms with Gasteiger partial charge < -0.3 is 10.8 Å². The average molecular weight is 215 g/mol. The first kappa shape index (κ1) is 13.8. The van der Waals surface area contributed by atoms with Gasteiger partial charge in [-0.1, -0.05) is 19.8 Å². The lowest BCUT2D eigenvalue weighted by Gasteiger charge is -2.22. The third-order valence-corrected chi connectivity index (χ3v) is 2.21. The van der Waals surface area contributed by atoms with Gasteiger partial charge in [-0.25, -0.2) is 4.79 Å². The number of aliphatic carboxylic acids is 1. The summed E-state index contributed by atoms with van der Waals surface area (Å²) >= 11 is 0. The molecule has 0 saturated heterocycles. The molecule has 5 heteroatoms. The van der Waals surface area contributed by atoms with Gasteiger partial charge in [-0.3, -0.25) is 9.59 Å². The summed E-state index contributed by atoms with van der Waals surface area (Å²) < 4.78 is 0. The second-order valence-corrected chi connectivity index (χ2v) is 3.68. The van der Waals surface area contributed by atoms with Crippen LogP contribution in [0.25, 0.3) is 0 Å². The summed E-state index contributed by atoms with van der Waals surface area (Å²) in [6.45, 7) is 3.11. The van der Waals surface area contributed by atoms with Gasteiger partial charge in [0.2, 0.25) is 0 Å².